The summed E-state index contributed by atoms with van der Waals surface area (Å²) in [5.74, 6) is 0. The minimum atomic E-state index is 0.310. The number of fused-ring (bicyclic) bond motifs is 1. The van der Waals surface area contributed by atoms with E-state index >= 15 is 0 Å². The lowest BCUT2D eigenvalue weighted by atomic mass is 9.94. The number of hydrogen-bond donors (Lipinski definition) is 2. The first-order valence-corrected chi connectivity index (χ1v) is 10.6. The molecule has 0 radical (unpaired) electrons. The van der Waals surface area contributed by atoms with E-state index in [9.17, 15) is 4.79 Å². The Bertz CT molecular complexity index is 922. The molecule has 1 aromatic rings. The lowest BCUT2D eigenvalue weighted by Crippen LogP contribution is -2.34. The van der Waals surface area contributed by atoms with Gasteiger partial charge in [0, 0.05) is 17.0 Å². The highest BCUT2D eigenvalue weighted by Crippen LogP contribution is 2.14. The second kappa shape index (κ2) is 11.9. The molecule has 4 heteroatoms. The molecule has 2 N–H and O–H groups in total. The summed E-state index contributed by atoms with van der Waals surface area (Å²) in [5.41, 5.74) is 3.46. The lowest BCUT2D eigenvalue weighted by molar-refractivity contribution is 0.112. The van der Waals surface area contributed by atoms with E-state index < -0.39 is 0 Å². The fourth-order valence-electron chi connectivity index (χ4n) is 3.63. The van der Waals surface area contributed by atoms with E-state index in [4.69, 9.17) is 5.41 Å². The molecule has 0 amide bonds. The monoisotopic (exact) mass is 391 g/mol. The van der Waals surface area contributed by atoms with Crippen molar-refractivity contribution in [2.24, 2.45) is 4.99 Å². The quantitative estimate of drug-likeness (QED) is 0.251. The minimum Gasteiger partial charge on any atom is -0.346 e. The highest BCUT2D eigenvalue weighted by atomic mass is 16.1. The third-order valence-electron chi connectivity index (χ3n) is 5.18. The van der Waals surface area contributed by atoms with E-state index in [2.05, 4.69) is 36.3 Å². The number of aliphatic imine (C=N–C) groups is 1. The van der Waals surface area contributed by atoms with Gasteiger partial charge in [0.15, 0.2) is 6.29 Å². The van der Waals surface area contributed by atoms with E-state index in [-0.39, 0.29) is 0 Å². The van der Waals surface area contributed by atoms with Crippen molar-refractivity contribution in [1.29, 1.82) is 5.41 Å². The van der Waals surface area contributed by atoms with Gasteiger partial charge in [0.1, 0.15) is 0 Å². The molecule has 2 rings (SSSR count). The normalized spacial score (nSPS) is 14.9. The third-order valence-corrected chi connectivity index (χ3v) is 5.18. The van der Waals surface area contributed by atoms with Crippen LogP contribution < -0.4 is 15.8 Å². The molecule has 1 aliphatic carbocycles. The Morgan fingerprint density at radius 1 is 1.28 bits per heavy atom. The van der Waals surface area contributed by atoms with Gasteiger partial charge in [0.2, 0.25) is 0 Å². The van der Waals surface area contributed by atoms with Gasteiger partial charge >= 0.3 is 0 Å². The Morgan fingerprint density at radius 2 is 2.03 bits per heavy atom. The van der Waals surface area contributed by atoms with Crippen LogP contribution in [0.3, 0.4) is 0 Å². The molecule has 154 valence electrons. The first-order chi connectivity index (χ1) is 14.2. The van der Waals surface area contributed by atoms with E-state index in [1.54, 1.807) is 6.34 Å². The Labute approximate surface area is 174 Å². The van der Waals surface area contributed by atoms with Gasteiger partial charge < -0.3 is 10.7 Å². The van der Waals surface area contributed by atoms with E-state index in [0.29, 0.717) is 18.0 Å². The summed E-state index contributed by atoms with van der Waals surface area (Å²) in [6.07, 6.45) is 20.1. The predicted octanol–water partition coefficient (Wildman–Crippen LogP) is 4.57. The number of allylic oxidation sites excluding steroid dienone is 4. The minimum absolute atomic E-state index is 0.310. The average molecular weight is 392 g/mol. The number of carbonyl (C=O) groups is 1. The van der Waals surface area contributed by atoms with Crippen LogP contribution in [0.15, 0.2) is 34.9 Å². The molecule has 0 bridgehead atoms. The van der Waals surface area contributed by atoms with E-state index in [0.717, 1.165) is 65.7 Å². The van der Waals surface area contributed by atoms with Gasteiger partial charge in [-0.05, 0) is 61.4 Å². The first-order valence-electron chi connectivity index (χ1n) is 10.6. The van der Waals surface area contributed by atoms with Crippen molar-refractivity contribution in [2.75, 3.05) is 5.32 Å². The number of nitrogens with zero attached hydrogens (tertiary/aromatic N) is 1. The highest BCUT2D eigenvalue weighted by Gasteiger charge is 2.12. The molecule has 1 aromatic carbocycles. The van der Waals surface area contributed by atoms with Crippen LogP contribution in [0.25, 0.3) is 12.2 Å². The van der Waals surface area contributed by atoms with Gasteiger partial charge in [-0.25, -0.2) is 0 Å². The van der Waals surface area contributed by atoms with Crippen LogP contribution >= 0.6 is 0 Å². The van der Waals surface area contributed by atoms with Gasteiger partial charge in [0.25, 0.3) is 0 Å². The molecular weight excluding hydrogens is 358 g/mol. The maximum atomic E-state index is 11.9. The SMILES string of the molecule is C/C=C/C=C(\C=N)Cc1cc(C=O)c(NC=NC(CC)CCC)c2c1=CCCC=2. The molecule has 0 aliphatic heterocycles. The van der Waals surface area contributed by atoms with Crippen LogP contribution in [0.1, 0.15) is 68.8 Å². The van der Waals surface area contributed by atoms with Crippen LogP contribution in [-0.4, -0.2) is 24.9 Å². The molecule has 1 atom stereocenters. The number of aldehydes is 1. The summed E-state index contributed by atoms with van der Waals surface area (Å²) in [5, 5.41) is 13.2. The lowest BCUT2D eigenvalue weighted by Gasteiger charge is -2.15. The third kappa shape index (κ3) is 6.11. The van der Waals surface area contributed by atoms with Crippen LogP contribution in [0.4, 0.5) is 5.69 Å². The number of carbonyl (C=O) groups excluding carboxylic acids is 1. The Hall–Kier alpha value is -2.75. The molecule has 0 spiro atoms. The molecule has 1 aliphatic rings. The Balaban J connectivity index is 2.46. The fourth-order valence-corrected chi connectivity index (χ4v) is 3.63. The molecule has 0 saturated heterocycles. The van der Waals surface area contributed by atoms with Crippen molar-refractivity contribution in [1.82, 2.24) is 0 Å². The van der Waals surface area contributed by atoms with Crippen molar-refractivity contribution in [3.05, 3.63) is 51.4 Å². The van der Waals surface area contributed by atoms with Crippen LogP contribution in [-0.2, 0) is 6.42 Å². The van der Waals surface area contributed by atoms with Crippen molar-refractivity contribution in [3.63, 3.8) is 0 Å². The second-order valence-corrected chi connectivity index (χ2v) is 7.29. The number of benzene rings is 1. The molecule has 29 heavy (non-hydrogen) atoms. The van der Waals surface area contributed by atoms with Gasteiger partial charge in [-0.1, -0.05) is 50.6 Å². The number of hydrogen-bond acceptors (Lipinski definition) is 3. The largest absolute Gasteiger partial charge is 0.346 e. The smallest absolute Gasteiger partial charge is 0.152 e. The number of nitrogens with one attached hydrogen (secondary N) is 2. The topological polar surface area (TPSA) is 65.3 Å². The summed E-state index contributed by atoms with van der Waals surface area (Å²) in [4.78, 5) is 16.5. The van der Waals surface area contributed by atoms with Gasteiger partial charge in [0.05, 0.1) is 18.1 Å². The van der Waals surface area contributed by atoms with Gasteiger partial charge in [-0.2, -0.15) is 0 Å². The van der Waals surface area contributed by atoms with E-state index in [1.165, 1.54) is 6.21 Å². The molecule has 0 saturated carbocycles. The molecule has 4 nitrogen and oxygen atoms in total. The highest BCUT2D eigenvalue weighted by molar-refractivity contribution is 5.91. The number of anilines is 1. The van der Waals surface area contributed by atoms with Crippen molar-refractivity contribution in [2.45, 2.75) is 65.3 Å². The maximum Gasteiger partial charge on any atom is 0.152 e. The standard InChI is InChI=1S/C25H33N3O/c1-4-7-11-19(16-26)14-20-15-21(17-29)25(24-13-9-8-12-23(20)24)28-18-27-22(6-3)10-5-2/h4,7,11-13,15-18,22,26H,5-6,8-10,14H2,1-3H3,(H,27,28)/b7-4+,19-11-,26-16?. The Kier molecular flexibility index (Phi) is 9.29. The van der Waals surface area contributed by atoms with Crippen LogP contribution in [0.5, 0.6) is 0 Å². The predicted molar refractivity (Wildman–Crippen MR) is 126 cm³/mol. The zero-order valence-corrected chi connectivity index (χ0v) is 17.9. The summed E-state index contributed by atoms with van der Waals surface area (Å²) in [7, 11) is 0. The maximum absolute atomic E-state index is 11.9. The number of rotatable bonds is 11. The molecule has 0 heterocycles. The van der Waals surface area contributed by atoms with Crippen LogP contribution in [0, 0.1) is 5.41 Å². The van der Waals surface area contributed by atoms with Crippen molar-refractivity contribution >= 4 is 36.7 Å². The zero-order valence-electron chi connectivity index (χ0n) is 17.9. The van der Waals surface area contributed by atoms with Crippen LogP contribution in [0.2, 0.25) is 0 Å². The Morgan fingerprint density at radius 3 is 2.66 bits per heavy atom. The summed E-state index contributed by atoms with van der Waals surface area (Å²) in [6, 6.07) is 2.26. The first kappa shape index (κ1) is 22.5. The van der Waals surface area contributed by atoms with Gasteiger partial charge in [-0.3, -0.25) is 9.79 Å². The van der Waals surface area contributed by atoms with E-state index in [1.807, 2.05) is 31.2 Å². The summed E-state index contributed by atoms with van der Waals surface area (Å²) < 4.78 is 0. The molecule has 0 fully saturated rings. The molecular formula is C25H33N3O. The van der Waals surface area contributed by atoms with Crippen molar-refractivity contribution < 1.29 is 4.79 Å². The van der Waals surface area contributed by atoms with Gasteiger partial charge in [-0.15, -0.1) is 0 Å². The average Bonchev–Trinajstić information content (AvgIpc) is 2.76. The zero-order chi connectivity index (χ0) is 21.1. The summed E-state index contributed by atoms with van der Waals surface area (Å²) in [6.45, 7) is 6.28. The second-order valence-electron chi connectivity index (χ2n) is 7.29. The van der Waals surface area contributed by atoms with Crippen molar-refractivity contribution in [3.8, 4) is 0 Å². The molecule has 1 unspecified atom stereocenters. The fraction of sp³-hybridized carbons (Fsp3) is 0.400. The summed E-state index contributed by atoms with van der Waals surface area (Å²) >= 11 is 0. The molecule has 0 aromatic heterocycles.